The first-order chi connectivity index (χ1) is 13.5. The van der Waals surface area contributed by atoms with Gasteiger partial charge >= 0.3 is 6.03 Å². The van der Waals surface area contributed by atoms with E-state index in [1.807, 2.05) is 32.0 Å². The van der Waals surface area contributed by atoms with Crippen LogP contribution in [0, 0.1) is 13.8 Å². The molecule has 0 saturated heterocycles. The van der Waals surface area contributed by atoms with Crippen molar-refractivity contribution < 1.29 is 9.59 Å². The number of carbonyl (C=O) groups is 2. The molecule has 0 bridgehead atoms. The molecule has 1 aliphatic carbocycles. The Morgan fingerprint density at radius 1 is 1.18 bits per heavy atom. The SMILES string of the molecule is Cc1cccc(C)c1-n1nnnc1S[C@@H](C)C(=O)NC(=O)NC1CCCCC1. The van der Waals surface area contributed by atoms with Gasteiger partial charge in [0.15, 0.2) is 0 Å². The highest BCUT2D eigenvalue weighted by Gasteiger charge is 2.23. The molecule has 3 amide bonds. The smallest absolute Gasteiger partial charge is 0.321 e. The highest BCUT2D eigenvalue weighted by atomic mass is 32.2. The van der Waals surface area contributed by atoms with Crippen LogP contribution in [0.1, 0.15) is 50.2 Å². The Balaban J connectivity index is 1.62. The number of hydrogen-bond donors (Lipinski definition) is 2. The van der Waals surface area contributed by atoms with E-state index in [1.54, 1.807) is 11.6 Å². The number of aromatic nitrogens is 4. The van der Waals surface area contributed by atoms with Crippen molar-refractivity contribution in [1.82, 2.24) is 30.8 Å². The van der Waals surface area contributed by atoms with Gasteiger partial charge in [0.25, 0.3) is 0 Å². The zero-order valence-corrected chi connectivity index (χ0v) is 17.3. The quantitative estimate of drug-likeness (QED) is 0.746. The van der Waals surface area contributed by atoms with Crippen molar-refractivity contribution in [1.29, 1.82) is 0 Å². The van der Waals surface area contributed by atoms with Gasteiger partial charge in [-0.25, -0.2) is 4.79 Å². The van der Waals surface area contributed by atoms with E-state index < -0.39 is 11.3 Å². The van der Waals surface area contributed by atoms with Crippen molar-refractivity contribution in [3.63, 3.8) is 0 Å². The standard InChI is InChI=1S/C19H26N6O2S/c1-12-8-7-9-13(2)16(12)25-19(22-23-24-25)28-14(3)17(26)21-18(27)20-15-10-5-4-6-11-15/h7-9,14-15H,4-6,10-11H2,1-3H3,(H2,20,21,26,27)/t14-/m0/s1. The van der Waals surface area contributed by atoms with Gasteiger partial charge in [-0.1, -0.05) is 49.2 Å². The number of amides is 3. The minimum atomic E-state index is -0.522. The number of hydrogen-bond acceptors (Lipinski definition) is 6. The number of tetrazole rings is 1. The van der Waals surface area contributed by atoms with E-state index in [0.29, 0.717) is 5.16 Å². The van der Waals surface area contributed by atoms with Crippen LogP contribution in [0.3, 0.4) is 0 Å². The van der Waals surface area contributed by atoms with Gasteiger partial charge in [0.05, 0.1) is 10.9 Å². The lowest BCUT2D eigenvalue weighted by Gasteiger charge is -2.23. The minimum Gasteiger partial charge on any atom is -0.335 e. The lowest BCUT2D eigenvalue weighted by atomic mass is 9.96. The molecular formula is C19H26N6O2S. The molecule has 2 N–H and O–H groups in total. The molecule has 1 aromatic carbocycles. The molecule has 150 valence electrons. The normalized spacial score (nSPS) is 15.8. The Labute approximate surface area is 168 Å². The fraction of sp³-hybridized carbons (Fsp3) is 0.526. The Morgan fingerprint density at radius 3 is 2.54 bits per heavy atom. The maximum absolute atomic E-state index is 12.4. The Morgan fingerprint density at radius 2 is 1.86 bits per heavy atom. The lowest BCUT2D eigenvalue weighted by molar-refractivity contribution is -0.119. The van der Waals surface area contributed by atoms with Crippen molar-refractivity contribution in [2.75, 3.05) is 0 Å². The molecule has 28 heavy (non-hydrogen) atoms. The summed E-state index contributed by atoms with van der Waals surface area (Å²) < 4.78 is 1.64. The summed E-state index contributed by atoms with van der Waals surface area (Å²) in [7, 11) is 0. The van der Waals surface area contributed by atoms with E-state index in [-0.39, 0.29) is 11.9 Å². The van der Waals surface area contributed by atoms with E-state index in [2.05, 4.69) is 26.2 Å². The molecule has 0 aliphatic heterocycles. The molecule has 2 aromatic rings. The molecule has 3 rings (SSSR count). The molecule has 9 heteroatoms. The predicted molar refractivity (Wildman–Crippen MR) is 107 cm³/mol. The topological polar surface area (TPSA) is 102 Å². The molecule has 1 aromatic heterocycles. The maximum Gasteiger partial charge on any atom is 0.321 e. The summed E-state index contributed by atoms with van der Waals surface area (Å²) >= 11 is 1.22. The van der Waals surface area contributed by atoms with Crippen LogP contribution in [0.4, 0.5) is 4.79 Å². The molecule has 1 fully saturated rings. The van der Waals surface area contributed by atoms with E-state index in [0.717, 1.165) is 42.5 Å². The molecule has 1 aliphatic rings. The first kappa shape index (κ1) is 20.3. The molecule has 1 saturated carbocycles. The Hall–Kier alpha value is -2.42. The number of aryl methyl sites for hydroxylation is 2. The molecule has 1 atom stereocenters. The largest absolute Gasteiger partial charge is 0.335 e. The first-order valence-corrected chi connectivity index (χ1v) is 10.5. The van der Waals surface area contributed by atoms with Gasteiger partial charge in [-0.05, 0) is 55.2 Å². The van der Waals surface area contributed by atoms with Gasteiger partial charge in [-0.2, -0.15) is 4.68 Å². The summed E-state index contributed by atoms with van der Waals surface area (Å²) in [5.74, 6) is -0.366. The van der Waals surface area contributed by atoms with Crippen LogP contribution in [0.5, 0.6) is 0 Å². The van der Waals surface area contributed by atoms with Crippen LogP contribution in [0.2, 0.25) is 0 Å². The number of rotatable bonds is 5. The van der Waals surface area contributed by atoms with E-state index in [1.165, 1.54) is 18.2 Å². The van der Waals surface area contributed by atoms with Crippen LogP contribution < -0.4 is 10.6 Å². The summed E-state index contributed by atoms with van der Waals surface area (Å²) in [6.07, 6.45) is 5.38. The zero-order chi connectivity index (χ0) is 20.1. The molecule has 8 nitrogen and oxygen atoms in total. The number of imide groups is 1. The monoisotopic (exact) mass is 402 g/mol. The Kier molecular flexibility index (Phi) is 6.66. The zero-order valence-electron chi connectivity index (χ0n) is 16.4. The highest BCUT2D eigenvalue weighted by Crippen LogP contribution is 2.26. The first-order valence-electron chi connectivity index (χ1n) is 9.58. The maximum atomic E-state index is 12.4. The minimum absolute atomic E-state index is 0.154. The molecule has 0 unspecified atom stereocenters. The van der Waals surface area contributed by atoms with Gasteiger partial charge < -0.3 is 5.32 Å². The van der Waals surface area contributed by atoms with Crippen molar-refractivity contribution in [3.05, 3.63) is 29.3 Å². The summed E-state index contributed by atoms with van der Waals surface area (Å²) in [4.78, 5) is 24.5. The van der Waals surface area contributed by atoms with Gasteiger partial charge in [-0.3, -0.25) is 10.1 Å². The van der Waals surface area contributed by atoms with Crippen LogP contribution in [-0.4, -0.2) is 43.4 Å². The number of thioether (sulfide) groups is 1. The number of nitrogens with one attached hydrogen (secondary N) is 2. The van der Waals surface area contributed by atoms with E-state index in [9.17, 15) is 9.59 Å². The number of urea groups is 1. The number of nitrogens with zero attached hydrogens (tertiary/aromatic N) is 4. The van der Waals surface area contributed by atoms with E-state index >= 15 is 0 Å². The van der Waals surface area contributed by atoms with Crippen molar-refractivity contribution >= 4 is 23.7 Å². The fourth-order valence-corrected chi connectivity index (χ4v) is 4.22. The third kappa shape index (κ3) is 4.89. The second-order valence-electron chi connectivity index (χ2n) is 7.17. The molecule has 0 spiro atoms. The summed E-state index contributed by atoms with van der Waals surface area (Å²) in [5.41, 5.74) is 2.98. The molecule has 0 radical (unpaired) electrons. The van der Waals surface area contributed by atoms with Gasteiger partial charge in [0.1, 0.15) is 0 Å². The fourth-order valence-electron chi connectivity index (χ4n) is 3.43. The molecular weight excluding hydrogens is 376 g/mol. The second kappa shape index (κ2) is 9.18. The second-order valence-corrected chi connectivity index (χ2v) is 8.48. The van der Waals surface area contributed by atoms with Gasteiger partial charge in [-0.15, -0.1) is 5.10 Å². The van der Waals surface area contributed by atoms with Gasteiger partial charge in [0, 0.05) is 6.04 Å². The van der Waals surface area contributed by atoms with Gasteiger partial charge in [0.2, 0.25) is 11.1 Å². The van der Waals surface area contributed by atoms with Crippen LogP contribution in [-0.2, 0) is 4.79 Å². The number of carbonyl (C=O) groups excluding carboxylic acids is 2. The van der Waals surface area contributed by atoms with Crippen molar-refractivity contribution in [2.45, 2.75) is 69.3 Å². The predicted octanol–water partition coefficient (Wildman–Crippen LogP) is 2.92. The number of benzene rings is 1. The molecule has 1 heterocycles. The van der Waals surface area contributed by atoms with Crippen molar-refractivity contribution in [3.8, 4) is 5.69 Å². The van der Waals surface area contributed by atoms with Crippen LogP contribution in [0.15, 0.2) is 23.4 Å². The Bertz CT molecular complexity index is 826. The third-order valence-corrected chi connectivity index (χ3v) is 5.95. The van der Waals surface area contributed by atoms with Crippen molar-refractivity contribution in [2.24, 2.45) is 0 Å². The number of para-hydroxylation sites is 1. The lowest BCUT2D eigenvalue weighted by Crippen LogP contribution is -2.47. The summed E-state index contributed by atoms with van der Waals surface area (Å²) in [6.45, 7) is 5.71. The van der Waals surface area contributed by atoms with Crippen LogP contribution in [0.25, 0.3) is 5.69 Å². The third-order valence-electron chi connectivity index (χ3n) is 4.92. The van der Waals surface area contributed by atoms with Crippen LogP contribution >= 0.6 is 11.8 Å². The average molecular weight is 403 g/mol. The summed E-state index contributed by atoms with van der Waals surface area (Å²) in [5, 5.41) is 17.2. The highest BCUT2D eigenvalue weighted by molar-refractivity contribution is 8.00. The summed E-state index contributed by atoms with van der Waals surface area (Å²) in [6, 6.07) is 5.68. The van der Waals surface area contributed by atoms with E-state index in [4.69, 9.17) is 0 Å². The average Bonchev–Trinajstić information content (AvgIpc) is 3.10.